The van der Waals surface area contributed by atoms with Gasteiger partial charge < -0.3 is 10.6 Å². The molecule has 1 aliphatic rings. The van der Waals surface area contributed by atoms with Crippen molar-refractivity contribution in [3.05, 3.63) is 83.6 Å². The highest BCUT2D eigenvalue weighted by Crippen LogP contribution is 2.43. The number of carbonyl (C=O) groups is 1. The van der Waals surface area contributed by atoms with Gasteiger partial charge in [-0.15, -0.1) is 11.3 Å². The van der Waals surface area contributed by atoms with E-state index in [0.29, 0.717) is 24.3 Å². The minimum atomic E-state index is -2.35. The predicted octanol–water partition coefficient (Wildman–Crippen LogP) is 5.08. The summed E-state index contributed by atoms with van der Waals surface area (Å²) >= 11 is 1.54. The van der Waals surface area contributed by atoms with Crippen molar-refractivity contribution in [1.29, 1.82) is 0 Å². The third-order valence-electron chi connectivity index (χ3n) is 6.30. The average molecular weight is 469 g/mol. The second-order valence-electron chi connectivity index (χ2n) is 8.39. The summed E-state index contributed by atoms with van der Waals surface area (Å²) in [5, 5.41) is 6.90. The first-order chi connectivity index (χ1) is 17.8. The normalized spacial score (nSPS) is 14.6. The first-order valence-corrected chi connectivity index (χ1v) is 11.9. The van der Waals surface area contributed by atoms with Gasteiger partial charge in [-0.25, -0.2) is 4.98 Å². The molecule has 3 aromatic heterocycles. The smallest absolute Gasteiger partial charge is 0.231 e. The van der Waals surface area contributed by atoms with E-state index in [1.807, 2.05) is 47.4 Å². The molecule has 4 heterocycles. The van der Waals surface area contributed by atoms with E-state index in [1.54, 1.807) is 6.20 Å². The molecule has 0 bridgehead atoms. The molecule has 1 amide bonds. The van der Waals surface area contributed by atoms with Crippen LogP contribution < -0.4 is 10.6 Å². The summed E-state index contributed by atoms with van der Waals surface area (Å²) in [6, 6.07) is 16.0. The van der Waals surface area contributed by atoms with Crippen LogP contribution in [0.25, 0.3) is 32.3 Å². The van der Waals surface area contributed by atoms with Crippen molar-refractivity contribution in [2.75, 3.05) is 17.2 Å². The number of hydrogen-bond acceptors (Lipinski definition) is 5. The number of nitrogens with two attached hydrogens (primary N) is 1. The standard InChI is InChI=1S/C27H23N5OS/c1-31-15-20(13-30-31)21-14-29-27(28)25-22(16-34-26(21)25)18-7-8-23-19(12-18)9-10-32(23)24(33)11-17-5-3-2-4-6-17/h2-8,12-16H,9-11H2,1H3,(H2,28,29)/i1D3. The van der Waals surface area contributed by atoms with E-state index in [1.165, 1.54) is 23.7 Å². The van der Waals surface area contributed by atoms with Crippen LogP contribution in [-0.2, 0) is 24.6 Å². The third kappa shape index (κ3) is 3.45. The molecule has 7 heteroatoms. The van der Waals surface area contributed by atoms with Gasteiger partial charge in [0.05, 0.1) is 12.6 Å². The minimum Gasteiger partial charge on any atom is -0.383 e. The Morgan fingerprint density at radius 3 is 2.85 bits per heavy atom. The Labute approximate surface area is 205 Å². The van der Waals surface area contributed by atoms with Crippen LogP contribution in [0.4, 0.5) is 11.5 Å². The molecule has 0 aliphatic carbocycles. The number of nitrogen functional groups attached to an aromatic ring is 1. The van der Waals surface area contributed by atoms with Gasteiger partial charge in [0.15, 0.2) is 0 Å². The number of rotatable bonds is 4. The molecule has 34 heavy (non-hydrogen) atoms. The lowest BCUT2D eigenvalue weighted by Crippen LogP contribution is -2.30. The molecule has 2 aromatic carbocycles. The number of nitrogens with zero attached hydrogens (tertiary/aromatic N) is 4. The number of pyridine rings is 1. The molecular formula is C27H23N5OS. The van der Waals surface area contributed by atoms with Gasteiger partial charge in [-0.1, -0.05) is 36.4 Å². The van der Waals surface area contributed by atoms with E-state index in [-0.39, 0.29) is 5.91 Å². The average Bonchev–Trinajstić information content (AvgIpc) is 3.62. The summed E-state index contributed by atoms with van der Waals surface area (Å²) in [6.45, 7) is -1.68. The lowest BCUT2D eigenvalue weighted by molar-refractivity contribution is -0.117. The number of benzene rings is 2. The number of anilines is 2. The highest BCUT2D eigenvalue weighted by atomic mass is 32.1. The summed E-state index contributed by atoms with van der Waals surface area (Å²) in [5.74, 6) is 0.507. The fraction of sp³-hybridized carbons (Fsp3) is 0.148. The summed E-state index contributed by atoms with van der Waals surface area (Å²) in [4.78, 5) is 19.3. The molecular weight excluding hydrogens is 442 g/mol. The fourth-order valence-electron chi connectivity index (χ4n) is 4.64. The lowest BCUT2D eigenvalue weighted by atomic mass is 10.00. The van der Waals surface area contributed by atoms with Crippen LogP contribution in [0.2, 0.25) is 0 Å². The van der Waals surface area contributed by atoms with Crippen LogP contribution in [0.3, 0.4) is 0 Å². The van der Waals surface area contributed by atoms with Gasteiger partial charge in [-0.2, -0.15) is 5.10 Å². The minimum absolute atomic E-state index is 0.0920. The quantitative estimate of drug-likeness (QED) is 0.399. The molecule has 6 nitrogen and oxygen atoms in total. The number of aromatic nitrogens is 3. The molecule has 6 rings (SSSR count). The predicted molar refractivity (Wildman–Crippen MR) is 138 cm³/mol. The fourth-order valence-corrected chi connectivity index (χ4v) is 5.76. The van der Waals surface area contributed by atoms with E-state index in [9.17, 15) is 4.79 Å². The molecule has 0 unspecified atom stereocenters. The Balaban J connectivity index is 1.34. The maximum atomic E-state index is 13.0. The van der Waals surface area contributed by atoms with Crippen molar-refractivity contribution in [1.82, 2.24) is 14.8 Å². The van der Waals surface area contributed by atoms with Crippen LogP contribution in [-0.4, -0.2) is 27.2 Å². The second kappa shape index (κ2) is 8.11. The molecule has 0 radical (unpaired) electrons. The maximum absolute atomic E-state index is 13.0. The molecule has 0 spiro atoms. The van der Waals surface area contributed by atoms with Crippen molar-refractivity contribution >= 4 is 38.8 Å². The van der Waals surface area contributed by atoms with Gasteiger partial charge >= 0.3 is 0 Å². The molecule has 0 fully saturated rings. The van der Waals surface area contributed by atoms with Crippen LogP contribution >= 0.6 is 11.3 Å². The van der Waals surface area contributed by atoms with E-state index in [4.69, 9.17) is 9.85 Å². The van der Waals surface area contributed by atoms with Gasteiger partial charge in [-0.3, -0.25) is 9.48 Å². The molecule has 0 saturated heterocycles. The molecule has 1 aliphatic heterocycles. The van der Waals surface area contributed by atoms with Gasteiger partial charge in [0, 0.05) is 62.5 Å². The number of aryl methyl sites for hydroxylation is 1. The second-order valence-corrected chi connectivity index (χ2v) is 9.27. The van der Waals surface area contributed by atoms with Crippen molar-refractivity contribution < 1.29 is 8.91 Å². The number of amides is 1. The van der Waals surface area contributed by atoms with Crippen LogP contribution in [0.5, 0.6) is 0 Å². The van der Waals surface area contributed by atoms with Crippen molar-refractivity contribution in [3.8, 4) is 22.3 Å². The summed E-state index contributed by atoms with van der Waals surface area (Å²) in [7, 11) is 0. The Hall–Kier alpha value is -3.97. The first-order valence-electron chi connectivity index (χ1n) is 12.5. The molecule has 0 saturated carbocycles. The third-order valence-corrected chi connectivity index (χ3v) is 7.32. The summed E-state index contributed by atoms with van der Waals surface area (Å²) < 4.78 is 24.7. The number of fused-ring (bicyclic) bond motifs is 2. The zero-order valence-corrected chi connectivity index (χ0v) is 19.0. The number of thiophene rings is 1. The highest BCUT2D eigenvalue weighted by Gasteiger charge is 2.25. The van der Waals surface area contributed by atoms with Crippen LogP contribution in [0.1, 0.15) is 15.2 Å². The topological polar surface area (TPSA) is 77.0 Å². The summed E-state index contributed by atoms with van der Waals surface area (Å²) in [6.07, 6.45) is 5.88. The largest absolute Gasteiger partial charge is 0.383 e. The zero-order chi connectivity index (χ0) is 25.7. The zero-order valence-electron chi connectivity index (χ0n) is 21.2. The summed E-state index contributed by atoms with van der Waals surface area (Å²) in [5.41, 5.74) is 12.8. The Bertz CT molecular complexity index is 1640. The Kier molecular flexibility index (Phi) is 4.17. The number of carbonyl (C=O) groups excluding carboxylic acids is 1. The van der Waals surface area contributed by atoms with Gasteiger partial charge in [0.1, 0.15) is 5.82 Å². The molecule has 168 valence electrons. The van der Waals surface area contributed by atoms with E-state index in [2.05, 4.69) is 21.5 Å². The van der Waals surface area contributed by atoms with Crippen LogP contribution in [0.15, 0.2) is 72.5 Å². The van der Waals surface area contributed by atoms with E-state index in [0.717, 1.165) is 54.7 Å². The lowest BCUT2D eigenvalue weighted by Gasteiger charge is -2.18. The van der Waals surface area contributed by atoms with E-state index >= 15 is 0 Å². The van der Waals surface area contributed by atoms with Crippen molar-refractivity contribution in [2.45, 2.75) is 12.8 Å². The maximum Gasteiger partial charge on any atom is 0.231 e. The molecule has 5 aromatic rings. The SMILES string of the molecule is [2H]C([2H])([2H])n1cc(-c2cnc(N)c3c(-c4ccc5c(c4)CCN5C(=O)Cc4ccccc4)csc23)cn1. The van der Waals surface area contributed by atoms with Crippen molar-refractivity contribution in [3.63, 3.8) is 0 Å². The van der Waals surface area contributed by atoms with Gasteiger partial charge in [0.2, 0.25) is 5.91 Å². The monoisotopic (exact) mass is 468 g/mol. The van der Waals surface area contributed by atoms with Gasteiger partial charge in [0.25, 0.3) is 0 Å². The van der Waals surface area contributed by atoms with Crippen LogP contribution in [0, 0.1) is 0 Å². The Morgan fingerprint density at radius 1 is 1.15 bits per heavy atom. The first kappa shape index (κ1) is 17.5. The molecule has 2 N–H and O–H groups in total. The Morgan fingerprint density at radius 2 is 2.03 bits per heavy atom. The van der Waals surface area contributed by atoms with E-state index < -0.39 is 6.98 Å². The van der Waals surface area contributed by atoms with Crippen molar-refractivity contribution in [2.24, 2.45) is 6.98 Å². The number of hydrogen-bond donors (Lipinski definition) is 1. The molecule has 0 atom stereocenters. The van der Waals surface area contributed by atoms with Gasteiger partial charge in [-0.05, 0) is 40.6 Å². The highest BCUT2D eigenvalue weighted by molar-refractivity contribution is 7.18.